The molecule has 1 saturated carbocycles. The molecule has 1 aliphatic carbocycles. The SMILES string of the molecule is CCC1CC(CC)CC(CC)C1. The van der Waals surface area contributed by atoms with E-state index in [4.69, 9.17) is 0 Å². The van der Waals surface area contributed by atoms with Crippen LogP contribution in [-0.2, 0) is 0 Å². The Hall–Kier alpha value is 0. The van der Waals surface area contributed by atoms with Gasteiger partial charge in [0.1, 0.15) is 0 Å². The highest BCUT2D eigenvalue weighted by Gasteiger charge is 2.25. The van der Waals surface area contributed by atoms with Crippen molar-refractivity contribution in [3.8, 4) is 0 Å². The van der Waals surface area contributed by atoms with E-state index >= 15 is 0 Å². The molecule has 1 aliphatic rings. The summed E-state index contributed by atoms with van der Waals surface area (Å²) in [5.41, 5.74) is 0. The lowest BCUT2D eigenvalue weighted by Crippen LogP contribution is -2.21. The van der Waals surface area contributed by atoms with Gasteiger partial charge in [0.15, 0.2) is 0 Å². The third-order valence-electron chi connectivity index (χ3n) is 3.73. The highest BCUT2D eigenvalue weighted by Crippen LogP contribution is 2.37. The molecule has 0 amide bonds. The first-order valence-corrected chi connectivity index (χ1v) is 5.80. The highest BCUT2D eigenvalue weighted by atomic mass is 14.3. The van der Waals surface area contributed by atoms with E-state index in [9.17, 15) is 0 Å². The van der Waals surface area contributed by atoms with Crippen molar-refractivity contribution in [2.24, 2.45) is 17.8 Å². The van der Waals surface area contributed by atoms with Crippen LogP contribution < -0.4 is 0 Å². The van der Waals surface area contributed by atoms with Gasteiger partial charge in [-0.05, 0) is 37.0 Å². The summed E-state index contributed by atoms with van der Waals surface area (Å²) in [7, 11) is 0. The monoisotopic (exact) mass is 168 g/mol. The molecule has 0 aromatic rings. The van der Waals surface area contributed by atoms with Crippen molar-refractivity contribution >= 4 is 0 Å². The largest absolute Gasteiger partial charge is 0.0651 e. The van der Waals surface area contributed by atoms with E-state index in [1.165, 1.54) is 38.5 Å². The van der Waals surface area contributed by atoms with Crippen LogP contribution in [0.4, 0.5) is 0 Å². The average molecular weight is 168 g/mol. The van der Waals surface area contributed by atoms with Gasteiger partial charge in [-0.1, -0.05) is 40.0 Å². The first kappa shape index (κ1) is 10.1. The number of rotatable bonds is 3. The molecule has 0 nitrogen and oxygen atoms in total. The maximum atomic E-state index is 2.36. The van der Waals surface area contributed by atoms with Gasteiger partial charge in [-0.15, -0.1) is 0 Å². The van der Waals surface area contributed by atoms with Crippen LogP contribution in [0, 0.1) is 17.8 Å². The second-order valence-electron chi connectivity index (χ2n) is 4.53. The summed E-state index contributed by atoms with van der Waals surface area (Å²) in [6, 6.07) is 0. The minimum absolute atomic E-state index is 1.05. The molecule has 12 heavy (non-hydrogen) atoms. The number of hydrogen-bond acceptors (Lipinski definition) is 0. The van der Waals surface area contributed by atoms with Gasteiger partial charge in [0.2, 0.25) is 0 Å². The van der Waals surface area contributed by atoms with Gasteiger partial charge in [0, 0.05) is 0 Å². The Morgan fingerprint density at radius 2 is 0.917 bits per heavy atom. The lowest BCUT2D eigenvalue weighted by Gasteiger charge is -2.33. The van der Waals surface area contributed by atoms with Crippen molar-refractivity contribution in [3.05, 3.63) is 0 Å². The number of hydrogen-bond donors (Lipinski definition) is 0. The summed E-state index contributed by atoms with van der Waals surface area (Å²) < 4.78 is 0. The van der Waals surface area contributed by atoms with Crippen molar-refractivity contribution in [3.63, 3.8) is 0 Å². The molecule has 0 unspecified atom stereocenters. The molecule has 0 saturated heterocycles. The standard InChI is InChI=1S/C12H24/c1-4-10-7-11(5-2)9-12(6-3)8-10/h10-12H,4-9H2,1-3H3. The second-order valence-corrected chi connectivity index (χ2v) is 4.53. The van der Waals surface area contributed by atoms with Gasteiger partial charge in [0.25, 0.3) is 0 Å². The Balaban J connectivity index is 2.41. The molecule has 0 heterocycles. The van der Waals surface area contributed by atoms with Crippen molar-refractivity contribution in [1.29, 1.82) is 0 Å². The Labute approximate surface area is 77.7 Å². The van der Waals surface area contributed by atoms with Crippen LogP contribution in [0.1, 0.15) is 59.3 Å². The maximum absolute atomic E-state index is 2.36. The van der Waals surface area contributed by atoms with Crippen molar-refractivity contribution < 1.29 is 0 Å². The van der Waals surface area contributed by atoms with Gasteiger partial charge in [-0.3, -0.25) is 0 Å². The van der Waals surface area contributed by atoms with E-state index in [0.29, 0.717) is 0 Å². The van der Waals surface area contributed by atoms with Gasteiger partial charge >= 0.3 is 0 Å². The molecular weight excluding hydrogens is 144 g/mol. The fraction of sp³-hybridized carbons (Fsp3) is 1.00. The molecule has 0 aromatic heterocycles. The van der Waals surface area contributed by atoms with Crippen LogP contribution >= 0.6 is 0 Å². The van der Waals surface area contributed by atoms with Gasteiger partial charge in [-0.25, -0.2) is 0 Å². The molecule has 0 bridgehead atoms. The molecule has 0 spiro atoms. The fourth-order valence-corrected chi connectivity index (χ4v) is 2.70. The lowest BCUT2D eigenvalue weighted by molar-refractivity contribution is 0.183. The molecule has 0 heteroatoms. The summed E-state index contributed by atoms with van der Waals surface area (Å²) in [6.45, 7) is 7.07. The predicted molar refractivity (Wildman–Crippen MR) is 55.2 cm³/mol. The van der Waals surface area contributed by atoms with Gasteiger partial charge in [-0.2, -0.15) is 0 Å². The van der Waals surface area contributed by atoms with E-state index < -0.39 is 0 Å². The minimum Gasteiger partial charge on any atom is -0.0651 e. The summed E-state index contributed by atoms with van der Waals surface area (Å²) in [4.78, 5) is 0. The molecule has 0 atom stereocenters. The second kappa shape index (κ2) is 4.89. The first-order chi connectivity index (χ1) is 5.80. The Morgan fingerprint density at radius 1 is 0.667 bits per heavy atom. The Morgan fingerprint density at radius 3 is 1.08 bits per heavy atom. The molecule has 0 N–H and O–H groups in total. The average Bonchev–Trinajstić information content (AvgIpc) is 2.16. The van der Waals surface area contributed by atoms with Gasteiger partial charge in [0.05, 0.1) is 0 Å². The van der Waals surface area contributed by atoms with E-state index in [2.05, 4.69) is 20.8 Å². The van der Waals surface area contributed by atoms with E-state index in [1.54, 1.807) is 0 Å². The van der Waals surface area contributed by atoms with E-state index in [1.807, 2.05) is 0 Å². The van der Waals surface area contributed by atoms with Crippen LogP contribution in [0.25, 0.3) is 0 Å². The topological polar surface area (TPSA) is 0 Å². The molecular formula is C12H24. The smallest absolute Gasteiger partial charge is 0.0412 e. The van der Waals surface area contributed by atoms with Crippen LogP contribution in [0.2, 0.25) is 0 Å². The molecule has 1 fully saturated rings. The zero-order valence-corrected chi connectivity index (χ0v) is 8.97. The molecule has 72 valence electrons. The van der Waals surface area contributed by atoms with Crippen LogP contribution in [0.3, 0.4) is 0 Å². The van der Waals surface area contributed by atoms with Crippen LogP contribution in [-0.4, -0.2) is 0 Å². The zero-order valence-electron chi connectivity index (χ0n) is 8.97. The van der Waals surface area contributed by atoms with Crippen LogP contribution in [0.15, 0.2) is 0 Å². The van der Waals surface area contributed by atoms with Crippen molar-refractivity contribution in [2.45, 2.75) is 59.3 Å². The molecule has 0 aliphatic heterocycles. The molecule has 0 aromatic carbocycles. The van der Waals surface area contributed by atoms with Gasteiger partial charge < -0.3 is 0 Å². The summed E-state index contributed by atoms with van der Waals surface area (Å²) in [6.07, 6.45) is 8.78. The first-order valence-electron chi connectivity index (χ1n) is 5.80. The normalized spacial score (nSPS) is 36.8. The summed E-state index contributed by atoms with van der Waals surface area (Å²) >= 11 is 0. The predicted octanol–water partition coefficient (Wildman–Crippen LogP) is 4.25. The van der Waals surface area contributed by atoms with Crippen molar-refractivity contribution in [2.75, 3.05) is 0 Å². The summed E-state index contributed by atoms with van der Waals surface area (Å²) in [5.74, 6) is 3.15. The maximum Gasteiger partial charge on any atom is -0.0412 e. The van der Waals surface area contributed by atoms with Crippen molar-refractivity contribution in [1.82, 2.24) is 0 Å². The van der Waals surface area contributed by atoms with E-state index in [0.717, 1.165) is 17.8 Å². The molecule has 0 radical (unpaired) electrons. The van der Waals surface area contributed by atoms with Crippen LogP contribution in [0.5, 0.6) is 0 Å². The third-order valence-corrected chi connectivity index (χ3v) is 3.73. The zero-order chi connectivity index (χ0) is 8.97. The Kier molecular flexibility index (Phi) is 4.11. The quantitative estimate of drug-likeness (QED) is 0.591. The summed E-state index contributed by atoms with van der Waals surface area (Å²) in [5, 5.41) is 0. The lowest BCUT2D eigenvalue weighted by atomic mass is 9.72. The highest BCUT2D eigenvalue weighted by molar-refractivity contribution is 4.77. The molecule has 1 rings (SSSR count). The third kappa shape index (κ3) is 2.50. The Bertz CT molecular complexity index is 87.4. The minimum atomic E-state index is 1.05. The van der Waals surface area contributed by atoms with E-state index in [-0.39, 0.29) is 0 Å². The fourth-order valence-electron chi connectivity index (χ4n) is 2.70.